The molecule has 1 aliphatic rings. The van der Waals surface area contributed by atoms with Gasteiger partial charge in [0.15, 0.2) is 0 Å². The van der Waals surface area contributed by atoms with Crippen molar-refractivity contribution in [2.75, 3.05) is 7.05 Å². The zero-order chi connectivity index (χ0) is 13.8. The highest BCUT2D eigenvalue weighted by atomic mass is 14.9. The van der Waals surface area contributed by atoms with Crippen LogP contribution in [0.5, 0.6) is 0 Å². The lowest BCUT2D eigenvalue weighted by atomic mass is 9.93. The van der Waals surface area contributed by atoms with E-state index in [9.17, 15) is 0 Å². The Morgan fingerprint density at radius 2 is 1.37 bits per heavy atom. The van der Waals surface area contributed by atoms with Crippen molar-refractivity contribution in [1.82, 2.24) is 5.32 Å². The van der Waals surface area contributed by atoms with Crippen LogP contribution in [0.2, 0.25) is 0 Å². The minimum absolute atomic E-state index is 0.812. The molecule has 1 N–H and O–H groups in total. The summed E-state index contributed by atoms with van der Waals surface area (Å²) >= 11 is 0. The van der Waals surface area contributed by atoms with Gasteiger partial charge in [-0.25, -0.2) is 0 Å². The molecule has 0 aliphatic heterocycles. The van der Waals surface area contributed by atoms with Gasteiger partial charge in [-0.3, -0.25) is 0 Å². The fourth-order valence-electron chi connectivity index (χ4n) is 3.65. The predicted molar refractivity (Wildman–Crippen MR) is 86.6 cm³/mol. The van der Waals surface area contributed by atoms with Crippen LogP contribution in [-0.4, -0.2) is 13.1 Å². The summed E-state index contributed by atoms with van der Waals surface area (Å²) in [5.74, 6) is 0.985. The maximum absolute atomic E-state index is 3.57. The molecule has 0 aromatic rings. The number of rotatable bonds is 12. The predicted octanol–water partition coefficient (Wildman–Crippen LogP) is 5.69. The minimum Gasteiger partial charge on any atom is -0.317 e. The van der Waals surface area contributed by atoms with Gasteiger partial charge in [0.25, 0.3) is 0 Å². The topological polar surface area (TPSA) is 12.0 Å². The molecule has 0 amide bonds. The molecule has 0 heterocycles. The normalized spacial score (nSPS) is 18.0. The Balaban J connectivity index is 1.88. The van der Waals surface area contributed by atoms with Gasteiger partial charge < -0.3 is 5.32 Å². The van der Waals surface area contributed by atoms with Gasteiger partial charge in [0.05, 0.1) is 0 Å². The van der Waals surface area contributed by atoms with E-state index in [-0.39, 0.29) is 0 Å². The molecule has 1 fully saturated rings. The second-order valence-electron chi connectivity index (χ2n) is 6.56. The fourth-order valence-corrected chi connectivity index (χ4v) is 3.65. The molecular formula is C18H37N. The molecule has 1 aliphatic carbocycles. The molecule has 1 heteroatoms. The van der Waals surface area contributed by atoms with Crippen LogP contribution in [-0.2, 0) is 0 Å². The Labute approximate surface area is 121 Å². The third-order valence-electron chi connectivity index (χ3n) is 4.96. The maximum atomic E-state index is 3.57. The molecule has 1 nitrogen and oxygen atoms in total. The van der Waals surface area contributed by atoms with E-state index >= 15 is 0 Å². The summed E-state index contributed by atoms with van der Waals surface area (Å²) in [6.07, 6.45) is 20.3. The molecule has 1 saturated carbocycles. The van der Waals surface area contributed by atoms with Gasteiger partial charge in [-0.2, -0.15) is 0 Å². The largest absolute Gasteiger partial charge is 0.317 e. The first-order valence-corrected chi connectivity index (χ1v) is 9.05. The average molecular weight is 268 g/mol. The highest BCUT2D eigenvalue weighted by Gasteiger charge is 2.22. The maximum Gasteiger partial charge on any atom is 0.00923 e. The summed E-state index contributed by atoms with van der Waals surface area (Å²) in [6.45, 7) is 2.29. The number of hydrogen-bond acceptors (Lipinski definition) is 1. The van der Waals surface area contributed by atoms with E-state index in [0.29, 0.717) is 0 Å². The Hall–Kier alpha value is -0.0400. The van der Waals surface area contributed by atoms with E-state index in [1.807, 2.05) is 0 Å². The lowest BCUT2D eigenvalue weighted by Crippen LogP contribution is -2.32. The van der Waals surface area contributed by atoms with Crippen LogP contribution < -0.4 is 5.32 Å². The number of nitrogens with one attached hydrogen (secondary N) is 1. The molecule has 0 radical (unpaired) electrons. The fraction of sp³-hybridized carbons (Fsp3) is 1.00. The van der Waals surface area contributed by atoms with E-state index in [0.717, 1.165) is 12.0 Å². The van der Waals surface area contributed by atoms with Crippen LogP contribution in [0.3, 0.4) is 0 Å². The van der Waals surface area contributed by atoms with E-state index in [1.165, 1.54) is 89.9 Å². The molecule has 0 bridgehead atoms. The highest BCUT2D eigenvalue weighted by molar-refractivity contribution is 4.79. The summed E-state index contributed by atoms with van der Waals surface area (Å²) in [6, 6.07) is 0.812. The molecule has 114 valence electrons. The van der Waals surface area contributed by atoms with Gasteiger partial charge in [0.2, 0.25) is 0 Å². The van der Waals surface area contributed by atoms with Crippen molar-refractivity contribution < 1.29 is 0 Å². The van der Waals surface area contributed by atoms with Gasteiger partial charge in [0.1, 0.15) is 0 Å². The quantitative estimate of drug-likeness (QED) is 0.448. The SMILES string of the molecule is CCCCCCCCCCCC(NC)C1CCCC1. The summed E-state index contributed by atoms with van der Waals surface area (Å²) in [5.41, 5.74) is 0. The lowest BCUT2D eigenvalue weighted by Gasteiger charge is -2.22. The Morgan fingerprint density at radius 1 is 0.842 bits per heavy atom. The van der Waals surface area contributed by atoms with Gasteiger partial charge >= 0.3 is 0 Å². The van der Waals surface area contributed by atoms with Gasteiger partial charge in [0, 0.05) is 6.04 Å². The summed E-state index contributed by atoms with van der Waals surface area (Å²) in [5, 5.41) is 3.57. The first-order chi connectivity index (χ1) is 9.38. The summed E-state index contributed by atoms with van der Waals surface area (Å²) < 4.78 is 0. The average Bonchev–Trinajstić information content (AvgIpc) is 2.95. The van der Waals surface area contributed by atoms with Crippen molar-refractivity contribution in [2.24, 2.45) is 5.92 Å². The molecule has 0 aromatic carbocycles. The highest BCUT2D eigenvalue weighted by Crippen LogP contribution is 2.29. The van der Waals surface area contributed by atoms with Crippen LogP contribution >= 0.6 is 0 Å². The molecule has 1 rings (SSSR count). The van der Waals surface area contributed by atoms with E-state index in [1.54, 1.807) is 0 Å². The van der Waals surface area contributed by atoms with Crippen molar-refractivity contribution in [2.45, 2.75) is 103 Å². The molecule has 0 saturated heterocycles. The first kappa shape index (κ1) is 17.0. The van der Waals surface area contributed by atoms with Crippen LogP contribution in [0.4, 0.5) is 0 Å². The van der Waals surface area contributed by atoms with Gasteiger partial charge in [-0.1, -0.05) is 77.6 Å². The Bertz CT molecular complexity index is 184. The van der Waals surface area contributed by atoms with Crippen LogP contribution in [0.15, 0.2) is 0 Å². The Morgan fingerprint density at radius 3 is 1.89 bits per heavy atom. The molecule has 1 unspecified atom stereocenters. The summed E-state index contributed by atoms with van der Waals surface area (Å²) in [4.78, 5) is 0. The van der Waals surface area contributed by atoms with Crippen molar-refractivity contribution in [3.63, 3.8) is 0 Å². The van der Waals surface area contributed by atoms with Crippen molar-refractivity contribution >= 4 is 0 Å². The molecule has 0 aromatic heterocycles. The molecular weight excluding hydrogens is 230 g/mol. The summed E-state index contributed by atoms with van der Waals surface area (Å²) in [7, 11) is 2.16. The van der Waals surface area contributed by atoms with Crippen LogP contribution in [0.25, 0.3) is 0 Å². The smallest absolute Gasteiger partial charge is 0.00923 e. The molecule has 0 spiro atoms. The van der Waals surface area contributed by atoms with Crippen LogP contribution in [0, 0.1) is 5.92 Å². The van der Waals surface area contributed by atoms with E-state index in [2.05, 4.69) is 19.3 Å². The minimum atomic E-state index is 0.812. The van der Waals surface area contributed by atoms with E-state index in [4.69, 9.17) is 0 Å². The standard InChI is InChI=1S/C18H37N/c1-3-4-5-6-7-8-9-10-11-16-18(19-2)17-14-12-13-15-17/h17-19H,3-16H2,1-2H3. The van der Waals surface area contributed by atoms with E-state index < -0.39 is 0 Å². The molecule has 1 atom stereocenters. The zero-order valence-electron chi connectivity index (χ0n) is 13.6. The van der Waals surface area contributed by atoms with Crippen molar-refractivity contribution in [1.29, 1.82) is 0 Å². The second kappa shape index (κ2) is 11.8. The van der Waals surface area contributed by atoms with Crippen molar-refractivity contribution in [3.8, 4) is 0 Å². The van der Waals surface area contributed by atoms with Crippen LogP contribution in [0.1, 0.15) is 96.8 Å². The third-order valence-corrected chi connectivity index (χ3v) is 4.96. The third kappa shape index (κ3) is 7.97. The zero-order valence-corrected chi connectivity index (χ0v) is 13.6. The lowest BCUT2D eigenvalue weighted by molar-refractivity contribution is 0.348. The van der Waals surface area contributed by atoms with Gasteiger partial charge in [-0.05, 0) is 32.2 Å². The number of hydrogen-bond donors (Lipinski definition) is 1. The Kier molecular flexibility index (Phi) is 10.5. The number of unbranched alkanes of at least 4 members (excludes halogenated alkanes) is 8. The second-order valence-corrected chi connectivity index (χ2v) is 6.56. The first-order valence-electron chi connectivity index (χ1n) is 9.05. The van der Waals surface area contributed by atoms with Gasteiger partial charge in [-0.15, -0.1) is 0 Å². The monoisotopic (exact) mass is 267 g/mol. The molecule has 19 heavy (non-hydrogen) atoms. The van der Waals surface area contributed by atoms with Crippen molar-refractivity contribution in [3.05, 3.63) is 0 Å².